The highest BCUT2D eigenvalue weighted by Gasteiger charge is 2.33. The van der Waals surface area contributed by atoms with Gasteiger partial charge in [-0.05, 0) is 32.3 Å². The minimum atomic E-state index is -0.173. The molecule has 1 atom stereocenters. The van der Waals surface area contributed by atoms with Crippen LogP contribution in [0.3, 0.4) is 0 Å². The lowest BCUT2D eigenvalue weighted by atomic mass is 10.1. The molecule has 0 radical (unpaired) electrons. The number of carbonyl (C=O) groups is 2. The Kier molecular flexibility index (Phi) is 5.52. The first-order valence-corrected chi connectivity index (χ1v) is 12.3. The molecular weight excluding hydrogens is 442 g/mol. The first-order valence-electron chi connectivity index (χ1n) is 10.6. The van der Waals surface area contributed by atoms with E-state index >= 15 is 0 Å². The third kappa shape index (κ3) is 3.71. The fraction of sp³-hybridized carbons (Fsp3) is 0.304. The molecule has 2 amide bonds. The van der Waals surface area contributed by atoms with E-state index in [1.165, 1.54) is 22.7 Å². The average molecular weight is 466 g/mol. The Morgan fingerprint density at radius 3 is 2.84 bits per heavy atom. The number of imidazole rings is 1. The van der Waals surface area contributed by atoms with Gasteiger partial charge in [0, 0.05) is 30.2 Å². The van der Waals surface area contributed by atoms with E-state index in [2.05, 4.69) is 15.3 Å². The second-order valence-electron chi connectivity index (χ2n) is 7.92. The van der Waals surface area contributed by atoms with Crippen molar-refractivity contribution in [3.63, 3.8) is 0 Å². The molecule has 32 heavy (non-hydrogen) atoms. The van der Waals surface area contributed by atoms with Gasteiger partial charge >= 0.3 is 0 Å². The number of nitrogens with one attached hydrogen (secondary N) is 1. The molecule has 9 heteroatoms. The number of aromatic nitrogens is 3. The fourth-order valence-electron chi connectivity index (χ4n) is 4.22. The first-order chi connectivity index (χ1) is 15.5. The molecule has 1 aromatic carbocycles. The molecule has 1 fully saturated rings. The standard InChI is InChI=1S/C23H23N5O2S2/c1-14-13-31-23-25-12-18(28(14)23)21(29)24-11-17-9-6-10-27(17)22(30)19-20(32-15(2)26-19)16-7-4-3-5-8-16/h3-5,7-8,12-13,17H,6,9-11H2,1-2H3,(H,24,29)/t17-/m0/s1. The molecule has 1 aliphatic rings. The van der Waals surface area contributed by atoms with Crippen LogP contribution in [0.4, 0.5) is 0 Å². The third-order valence-electron chi connectivity index (χ3n) is 5.76. The third-order valence-corrected chi connectivity index (χ3v) is 7.74. The lowest BCUT2D eigenvalue weighted by Gasteiger charge is -2.24. The van der Waals surface area contributed by atoms with Gasteiger partial charge in [0.1, 0.15) is 11.4 Å². The van der Waals surface area contributed by atoms with Gasteiger partial charge in [-0.25, -0.2) is 9.97 Å². The molecule has 4 aromatic rings. The van der Waals surface area contributed by atoms with Crippen molar-refractivity contribution in [2.45, 2.75) is 32.7 Å². The molecule has 4 heterocycles. The van der Waals surface area contributed by atoms with E-state index in [4.69, 9.17) is 0 Å². The van der Waals surface area contributed by atoms with Gasteiger partial charge in [0.2, 0.25) is 0 Å². The van der Waals surface area contributed by atoms with Crippen LogP contribution in [0.1, 0.15) is 44.5 Å². The van der Waals surface area contributed by atoms with Crippen LogP contribution in [-0.4, -0.2) is 50.2 Å². The van der Waals surface area contributed by atoms with E-state index in [9.17, 15) is 9.59 Å². The number of rotatable bonds is 5. The van der Waals surface area contributed by atoms with Crippen LogP contribution >= 0.6 is 22.7 Å². The number of nitrogens with zero attached hydrogens (tertiary/aromatic N) is 4. The van der Waals surface area contributed by atoms with Crippen molar-refractivity contribution in [3.05, 3.63) is 64.0 Å². The molecule has 3 aromatic heterocycles. The molecule has 0 bridgehead atoms. The summed E-state index contributed by atoms with van der Waals surface area (Å²) < 4.78 is 1.86. The maximum atomic E-state index is 13.5. The van der Waals surface area contributed by atoms with Gasteiger partial charge in [-0.2, -0.15) is 0 Å². The summed E-state index contributed by atoms with van der Waals surface area (Å²) >= 11 is 3.05. The summed E-state index contributed by atoms with van der Waals surface area (Å²) in [6.45, 7) is 4.96. The van der Waals surface area contributed by atoms with Crippen molar-refractivity contribution < 1.29 is 9.59 Å². The van der Waals surface area contributed by atoms with Gasteiger partial charge in [0.15, 0.2) is 4.96 Å². The molecule has 0 saturated carbocycles. The first kappa shape index (κ1) is 20.8. The summed E-state index contributed by atoms with van der Waals surface area (Å²) in [6.07, 6.45) is 3.38. The second kappa shape index (κ2) is 8.48. The summed E-state index contributed by atoms with van der Waals surface area (Å²) in [5.74, 6) is -0.238. The molecule has 0 aliphatic carbocycles. The molecule has 164 valence electrons. The van der Waals surface area contributed by atoms with Crippen molar-refractivity contribution in [2.75, 3.05) is 13.1 Å². The Hall–Kier alpha value is -3.04. The van der Waals surface area contributed by atoms with E-state index < -0.39 is 0 Å². The van der Waals surface area contributed by atoms with Gasteiger partial charge in [0.25, 0.3) is 11.8 Å². The van der Waals surface area contributed by atoms with Gasteiger partial charge in [-0.3, -0.25) is 14.0 Å². The molecule has 0 spiro atoms. The fourth-order valence-corrected chi connectivity index (χ4v) is 5.98. The lowest BCUT2D eigenvalue weighted by molar-refractivity contribution is 0.0720. The monoisotopic (exact) mass is 465 g/mol. The normalized spacial score (nSPS) is 16.1. The van der Waals surface area contributed by atoms with Crippen LogP contribution in [-0.2, 0) is 0 Å². The van der Waals surface area contributed by atoms with Crippen molar-refractivity contribution in [2.24, 2.45) is 0 Å². The smallest absolute Gasteiger partial charge is 0.274 e. The van der Waals surface area contributed by atoms with E-state index in [0.717, 1.165) is 38.9 Å². The Morgan fingerprint density at radius 2 is 2.03 bits per heavy atom. The quantitative estimate of drug-likeness (QED) is 0.480. The zero-order valence-corrected chi connectivity index (χ0v) is 19.5. The highest BCUT2D eigenvalue weighted by molar-refractivity contribution is 7.15. The molecular formula is C23H23N5O2S2. The highest BCUT2D eigenvalue weighted by atomic mass is 32.1. The van der Waals surface area contributed by atoms with Crippen LogP contribution in [0.25, 0.3) is 15.4 Å². The van der Waals surface area contributed by atoms with Crippen LogP contribution in [0.2, 0.25) is 0 Å². The minimum absolute atomic E-state index is 0.0518. The van der Waals surface area contributed by atoms with Gasteiger partial charge in [-0.1, -0.05) is 30.3 Å². The Labute approximate surface area is 193 Å². The Morgan fingerprint density at radius 1 is 1.22 bits per heavy atom. The zero-order valence-electron chi connectivity index (χ0n) is 17.9. The number of fused-ring (bicyclic) bond motifs is 1. The summed E-state index contributed by atoms with van der Waals surface area (Å²) in [7, 11) is 0. The van der Waals surface area contributed by atoms with Gasteiger partial charge in [0.05, 0.1) is 16.1 Å². The molecule has 0 unspecified atom stereocenters. The molecule has 1 aliphatic heterocycles. The SMILES string of the molecule is Cc1nc(C(=O)N2CCC[C@H]2CNC(=O)c2cnc3scc(C)n23)c(-c2ccccc2)s1. The van der Waals surface area contributed by atoms with Crippen molar-refractivity contribution in [3.8, 4) is 10.4 Å². The van der Waals surface area contributed by atoms with Crippen molar-refractivity contribution >= 4 is 39.4 Å². The number of amides is 2. The van der Waals surface area contributed by atoms with Gasteiger partial charge < -0.3 is 10.2 Å². The largest absolute Gasteiger partial charge is 0.349 e. The van der Waals surface area contributed by atoms with E-state index in [0.29, 0.717) is 24.5 Å². The number of aryl methyl sites for hydroxylation is 2. The highest BCUT2D eigenvalue weighted by Crippen LogP contribution is 2.32. The summed E-state index contributed by atoms with van der Waals surface area (Å²) in [5, 5.41) is 5.87. The molecule has 1 saturated heterocycles. The molecule has 7 nitrogen and oxygen atoms in total. The van der Waals surface area contributed by atoms with Crippen LogP contribution < -0.4 is 5.32 Å². The van der Waals surface area contributed by atoms with Crippen molar-refractivity contribution in [1.29, 1.82) is 0 Å². The maximum absolute atomic E-state index is 13.5. The maximum Gasteiger partial charge on any atom is 0.274 e. The number of carbonyl (C=O) groups excluding carboxylic acids is 2. The number of hydrogen-bond acceptors (Lipinski definition) is 6. The average Bonchev–Trinajstić information content (AvgIpc) is 3.58. The Bertz CT molecular complexity index is 1290. The Balaban J connectivity index is 1.33. The van der Waals surface area contributed by atoms with E-state index in [1.807, 2.05) is 58.9 Å². The second-order valence-corrected chi connectivity index (χ2v) is 9.96. The van der Waals surface area contributed by atoms with E-state index in [1.54, 1.807) is 6.20 Å². The topological polar surface area (TPSA) is 79.6 Å². The molecule has 5 rings (SSSR count). The zero-order chi connectivity index (χ0) is 22.2. The van der Waals surface area contributed by atoms with E-state index in [-0.39, 0.29) is 17.9 Å². The summed E-state index contributed by atoms with van der Waals surface area (Å²) in [6, 6.07) is 9.85. The number of benzene rings is 1. The predicted octanol–water partition coefficient (Wildman–Crippen LogP) is 4.17. The van der Waals surface area contributed by atoms with Crippen LogP contribution in [0, 0.1) is 13.8 Å². The predicted molar refractivity (Wildman–Crippen MR) is 126 cm³/mol. The van der Waals surface area contributed by atoms with Crippen molar-refractivity contribution in [1.82, 2.24) is 24.6 Å². The number of hydrogen-bond donors (Lipinski definition) is 1. The van der Waals surface area contributed by atoms with Crippen LogP contribution in [0.5, 0.6) is 0 Å². The van der Waals surface area contributed by atoms with Gasteiger partial charge in [-0.15, -0.1) is 22.7 Å². The summed E-state index contributed by atoms with van der Waals surface area (Å²) in [4.78, 5) is 38.8. The minimum Gasteiger partial charge on any atom is -0.349 e. The number of likely N-dealkylation sites (tertiary alicyclic amines) is 1. The summed E-state index contributed by atoms with van der Waals surface area (Å²) in [5.41, 5.74) is 3.01. The lowest BCUT2D eigenvalue weighted by Crippen LogP contribution is -2.43. The molecule has 1 N–H and O–H groups in total. The number of thiazole rings is 2. The van der Waals surface area contributed by atoms with Crippen LogP contribution in [0.15, 0.2) is 41.9 Å².